The van der Waals surface area contributed by atoms with Gasteiger partial charge in [-0.15, -0.1) is 0 Å². The summed E-state index contributed by atoms with van der Waals surface area (Å²) in [7, 11) is 2.27. The van der Waals surface area contributed by atoms with Crippen molar-refractivity contribution in [2.24, 2.45) is 5.92 Å². The smallest absolute Gasteiger partial charge is 0.00923 e. The lowest BCUT2D eigenvalue weighted by Crippen LogP contribution is -2.39. The fraction of sp³-hybridized carbons (Fsp3) is 1.00. The minimum atomic E-state index is 0.876. The SMILES string of the molecule is CC.CC[C@@H](C)CN(C)C1CCC1. The van der Waals surface area contributed by atoms with Gasteiger partial charge in [0.25, 0.3) is 0 Å². The van der Waals surface area contributed by atoms with Crippen molar-refractivity contribution in [3.05, 3.63) is 0 Å². The number of hydrogen-bond acceptors (Lipinski definition) is 1. The molecule has 1 saturated carbocycles. The fourth-order valence-corrected chi connectivity index (χ4v) is 1.60. The Morgan fingerprint density at radius 3 is 2.15 bits per heavy atom. The summed E-state index contributed by atoms with van der Waals surface area (Å²) in [5.41, 5.74) is 0. The lowest BCUT2D eigenvalue weighted by molar-refractivity contribution is 0.140. The van der Waals surface area contributed by atoms with E-state index in [2.05, 4.69) is 25.8 Å². The molecule has 0 amide bonds. The second-order valence-corrected chi connectivity index (χ2v) is 4.04. The van der Waals surface area contributed by atoms with Gasteiger partial charge >= 0.3 is 0 Å². The van der Waals surface area contributed by atoms with Gasteiger partial charge in [-0.05, 0) is 25.8 Å². The fourth-order valence-electron chi connectivity index (χ4n) is 1.60. The van der Waals surface area contributed by atoms with E-state index in [0.29, 0.717) is 0 Å². The van der Waals surface area contributed by atoms with Gasteiger partial charge in [0.2, 0.25) is 0 Å². The highest BCUT2D eigenvalue weighted by Crippen LogP contribution is 2.24. The van der Waals surface area contributed by atoms with Crippen LogP contribution >= 0.6 is 0 Å². The molecule has 0 saturated heterocycles. The zero-order valence-electron chi connectivity index (χ0n) is 10.1. The highest BCUT2D eigenvalue weighted by atomic mass is 15.1. The van der Waals surface area contributed by atoms with Crippen LogP contribution in [0, 0.1) is 5.92 Å². The zero-order valence-corrected chi connectivity index (χ0v) is 10.1. The van der Waals surface area contributed by atoms with Crippen LogP contribution in [0.1, 0.15) is 53.4 Å². The molecule has 1 heteroatoms. The number of rotatable bonds is 4. The van der Waals surface area contributed by atoms with Crippen molar-refractivity contribution >= 4 is 0 Å². The van der Waals surface area contributed by atoms with E-state index < -0.39 is 0 Å². The molecule has 13 heavy (non-hydrogen) atoms. The second kappa shape index (κ2) is 7.37. The molecular weight excluding hydrogens is 158 g/mol. The molecule has 0 aromatic carbocycles. The molecule has 1 aliphatic carbocycles. The molecule has 1 fully saturated rings. The average molecular weight is 185 g/mol. The molecule has 0 N–H and O–H groups in total. The third-order valence-electron chi connectivity index (χ3n) is 2.99. The summed E-state index contributed by atoms with van der Waals surface area (Å²) in [6, 6.07) is 0.920. The van der Waals surface area contributed by atoms with E-state index in [0.717, 1.165) is 12.0 Å². The summed E-state index contributed by atoms with van der Waals surface area (Å²) >= 11 is 0. The first kappa shape index (κ1) is 13.0. The molecule has 0 bridgehead atoms. The van der Waals surface area contributed by atoms with Gasteiger partial charge in [0.1, 0.15) is 0 Å². The molecule has 0 aromatic heterocycles. The van der Waals surface area contributed by atoms with Gasteiger partial charge in [-0.25, -0.2) is 0 Å². The van der Waals surface area contributed by atoms with E-state index in [1.165, 1.54) is 32.2 Å². The van der Waals surface area contributed by atoms with Crippen molar-refractivity contribution in [2.45, 2.75) is 59.4 Å². The maximum Gasteiger partial charge on any atom is 0.00923 e. The van der Waals surface area contributed by atoms with Crippen molar-refractivity contribution < 1.29 is 0 Å². The first-order valence-corrected chi connectivity index (χ1v) is 5.94. The van der Waals surface area contributed by atoms with Crippen LogP contribution in [0.15, 0.2) is 0 Å². The van der Waals surface area contributed by atoms with E-state index in [1.807, 2.05) is 13.8 Å². The topological polar surface area (TPSA) is 3.24 Å². The van der Waals surface area contributed by atoms with Gasteiger partial charge in [0.05, 0.1) is 0 Å². The third kappa shape index (κ3) is 4.66. The predicted molar refractivity (Wildman–Crippen MR) is 61.1 cm³/mol. The monoisotopic (exact) mass is 185 g/mol. The molecule has 1 atom stereocenters. The molecule has 0 aromatic rings. The maximum absolute atomic E-state index is 2.54. The molecule has 0 heterocycles. The molecule has 80 valence electrons. The van der Waals surface area contributed by atoms with Gasteiger partial charge < -0.3 is 4.90 Å². The molecule has 1 nitrogen and oxygen atoms in total. The highest BCUT2D eigenvalue weighted by molar-refractivity contribution is 4.78. The lowest BCUT2D eigenvalue weighted by Gasteiger charge is -2.36. The molecule has 1 rings (SSSR count). The van der Waals surface area contributed by atoms with E-state index in [9.17, 15) is 0 Å². The second-order valence-electron chi connectivity index (χ2n) is 4.04. The van der Waals surface area contributed by atoms with Crippen LogP contribution in [-0.4, -0.2) is 24.5 Å². The van der Waals surface area contributed by atoms with E-state index >= 15 is 0 Å². The number of nitrogens with zero attached hydrogens (tertiary/aromatic N) is 1. The Bertz CT molecular complexity index is 108. The van der Waals surface area contributed by atoms with Crippen LogP contribution in [-0.2, 0) is 0 Å². The summed E-state index contributed by atoms with van der Waals surface area (Å²) in [4.78, 5) is 2.54. The first-order valence-electron chi connectivity index (χ1n) is 5.94. The highest BCUT2D eigenvalue weighted by Gasteiger charge is 2.22. The van der Waals surface area contributed by atoms with Crippen molar-refractivity contribution in [3.63, 3.8) is 0 Å². The Morgan fingerprint density at radius 1 is 1.31 bits per heavy atom. The van der Waals surface area contributed by atoms with Gasteiger partial charge in [0.15, 0.2) is 0 Å². The van der Waals surface area contributed by atoms with Gasteiger partial charge in [-0.3, -0.25) is 0 Å². The van der Waals surface area contributed by atoms with E-state index in [4.69, 9.17) is 0 Å². The molecule has 0 aliphatic heterocycles. The van der Waals surface area contributed by atoms with Crippen LogP contribution in [0.25, 0.3) is 0 Å². The Kier molecular flexibility index (Phi) is 7.35. The number of hydrogen-bond donors (Lipinski definition) is 0. The van der Waals surface area contributed by atoms with Crippen LogP contribution in [0.5, 0.6) is 0 Å². The quantitative estimate of drug-likeness (QED) is 0.647. The Morgan fingerprint density at radius 2 is 1.85 bits per heavy atom. The maximum atomic E-state index is 2.54. The third-order valence-corrected chi connectivity index (χ3v) is 2.99. The van der Waals surface area contributed by atoms with Crippen LogP contribution in [0.4, 0.5) is 0 Å². The van der Waals surface area contributed by atoms with Crippen LogP contribution < -0.4 is 0 Å². The standard InChI is InChI=1S/C10H21N.C2H6/c1-4-9(2)8-11(3)10-6-5-7-10;1-2/h9-10H,4-8H2,1-3H3;1-2H3/t9-;/m1./s1. The van der Waals surface area contributed by atoms with Crippen molar-refractivity contribution in [3.8, 4) is 0 Å². The average Bonchev–Trinajstić information content (AvgIpc) is 2.04. The molecule has 0 radical (unpaired) electrons. The van der Waals surface area contributed by atoms with E-state index in [1.54, 1.807) is 0 Å². The first-order chi connectivity index (χ1) is 6.24. The van der Waals surface area contributed by atoms with Crippen LogP contribution in [0.3, 0.4) is 0 Å². The minimum absolute atomic E-state index is 0.876. The summed E-state index contributed by atoms with van der Waals surface area (Å²) in [6.45, 7) is 9.91. The van der Waals surface area contributed by atoms with Gasteiger partial charge in [0, 0.05) is 12.6 Å². The van der Waals surface area contributed by atoms with Crippen molar-refractivity contribution in [1.82, 2.24) is 4.90 Å². The van der Waals surface area contributed by atoms with Crippen molar-refractivity contribution in [1.29, 1.82) is 0 Å². The summed E-state index contributed by atoms with van der Waals surface area (Å²) in [5.74, 6) is 0.876. The summed E-state index contributed by atoms with van der Waals surface area (Å²) in [6.07, 6.45) is 5.65. The van der Waals surface area contributed by atoms with Crippen LogP contribution in [0.2, 0.25) is 0 Å². The summed E-state index contributed by atoms with van der Waals surface area (Å²) in [5, 5.41) is 0. The normalized spacial score (nSPS) is 18.9. The van der Waals surface area contributed by atoms with E-state index in [-0.39, 0.29) is 0 Å². The largest absolute Gasteiger partial charge is 0.303 e. The Labute approximate surface area is 84.5 Å². The molecule has 0 spiro atoms. The minimum Gasteiger partial charge on any atom is -0.303 e. The summed E-state index contributed by atoms with van der Waals surface area (Å²) < 4.78 is 0. The zero-order chi connectivity index (χ0) is 10.3. The Hall–Kier alpha value is -0.0400. The lowest BCUT2D eigenvalue weighted by atomic mass is 9.91. The predicted octanol–water partition coefficient (Wildman–Crippen LogP) is 3.54. The van der Waals surface area contributed by atoms with Gasteiger partial charge in [-0.1, -0.05) is 40.5 Å². The molecule has 0 unspecified atom stereocenters. The molecule has 1 aliphatic rings. The molecular formula is C12H27N. The van der Waals surface area contributed by atoms with Gasteiger partial charge in [-0.2, -0.15) is 0 Å². The Balaban J connectivity index is 0.000000671. The van der Waals surface area contributed by atoms with Crippen molar-refractivity contribution in [2.75, 3.05) is 13.6 Å².